The van der Waals surface area contributed by atoms with Crippen molar-refractivity contribution in [3.63, 3.8) is 0 Å². The van der Waals surface area contributed by atoms with E-state index in [9.17, 15) is 19.2 Å². The third kappa shape index (κ3) is 2.66. The molecule has 0 radical (unpaired) electrons. The molecule has 4 heterocycles. The summed E-state index contributed by atoms with van der Waals surface area (Å²) >= 11 is 0. The zero-order valence-corrected chi connectivity index (χ0v) is 15.8. The Hall–Kier alpha value is -4.01. The molecule has 0 bridgehead atoms. The number of pyridine rings is 1. The van der Waals surface area contributed by atoms with Crippen molar-refractivity contribution in [2.75, 3.05) is 5.73 Å². The van der Waals surface area contributed by atoms with E-state index in [1.807, 2.05) is 0 Å². The largest absolute Gasteiger partial charge is 0.382 e. The van der Waals surface area contributed by atoms with Gasteiger partial charge in [0.2, 0.25) is 17.6 Å². The molecule has 150 valence electrons. The number of nitrogens with one attached hydrogen (secondary N) is 1. The van der Waals surface area contributed by atoms with Crippen molar-refractivity contribution in [1.29, 1.82) is 0 Å². The number of benzene rings is 1. The lowest BCUT2D eigenvalue weighted by Crippen LogP contribution is -2.52. The Labute approximate surface area is 170 Å². The van der Waals surface area contributed by atoms with Crippen molar-refractivity contribution in [3.8, 4) is 0 Å². The Morgan fingerprint density at radius 1 is 1.17 bits per heavy atom. The molecular formula is C21H17N5O4. The molecule has 2 aliphatic rings. The van der Waals surface area contributed by atoms with Crippen LogP contribution in [-0.4, -0.2) is 43.8 Å². The Morgan fingerprint density at radius 2 is 2.00 bits per heavy atom. The fraction of sp³-hybridized carbons (Fsp3) is 0.190. The number of piperidine rings is 1. The summed E-state index contributed by atoms with van der Waals surface area (Å²) in [6.45, 7) is 0.199. The van der Waals surface area contributed by atoms with E-state index in [1.54, 1.807) is 47.0 Å². The second kappa shape index (κ2) is 6.51. The van der Waals surface area contributed by atoms with Gasteiger partial charge in [-0.1, -0.05) is 12.1 Å². The maximum absolute atomic E-state index is 13.2. The van der Waals surface area contributed by atoms with Gasteiger partial charge in [0.05, 0.1) is 0 Å². The maximum Gasteiger partial charge on any atom is 0.255 e. The summed E-state index contributed by atoms with van der Waals surface area (Å²) < 4.78 is 1.63. The van der Waals surface area contributed by atoms with Crippen molar-refractivity contribution in [2.24, 2.45) is 0 Å². The van der Waals surface area contributed by atoms with Crippen LogP contribution in [0.4, 0.5) is 5.82 Å². The number of carbonyl (C=O) groups is 4. The molecule has 1 atom stereocenters. The SMILES string of the molecule is Nc1nc2ccccn2c1C(=O)c1ccc2c(c1)CN(C1CCC(=O)NC1=O)C2=O. The number of fused-ring (bicyclic) bond motifs is 2. The number of imide groups is 1. The van der Waals surface area contributed by atoms with Crippen LogP contribution in [0.25, 0.3) is 5.65 Å². The molecule has 1 unspecified atom stereocenters. The van der Waals surface area contributed by atoms with Crippen LogP contribution in [0.5, 0.6) is 0 Å². The Kier molecular flexibility index (Phi) is 3.92. The number of aromatic nitrogens is 2. The highest BCUT2D eigenvalue weighted by molar-refractivity contribution is 6.12. The Bertz CT molecular complexity index is 1260. The van der Waals surface area contributed by atoms with Crippen LogP contribution in [0.3, 0.4) is 0 Å². The van der Waals surface area contributed by atoms with Crippen LogP contribution in [0.15, 0.2) is 42.6 Å². The molecule has 0 spiro atoms. The number of rotatable bonds is 3. The second-order valence-electron chi connectivity index (χ2n) is 7.38. The van der Waals surface area contributed by atoms with Crippen LogP contribution in [0.2, 0.25) is 0 Å². The highest BCUT2D eigenvalue weighted by Gasteiger charge is 2.39. The van der Waals surface area contributed by atoms with E-state index < -0.39 is 11.9 Å². The van der Waals surface area contributed by atoms with Gasteiger partial charge in [-0.15, -0.1) is 0 Å². The summed E-state index contributed by atoms with van der Waals surface area (Å²) in [5.74, 6) is -1.26. The summed E-state index contributed by atoms with van der Waals surface area (Å²) in [4.78, 5) is 55.2. The van der Waals surface area contributed by atoms with Crippen LogP contribution >= 0.6 is 0 Å². The van der Waals surface area contributed by atoms with E-state index >= 15 is 0 Å². The maximum atomic E-state index is 13.2. The van der Waals surface area contributed by atoms with Crippen LogP contribution < -0.4 is 11.1 Å². The monoisotopic (exact) mass is 403 g/mol. The molecule has 3 N–H and O–H groups in total. The molecule has 2 aromatic heterocycles. The smallest absolute Gasteiger partial charge is 0.255 e. The number of imidazole rings is 1. The van der Waals surface area contributed by atoms with Crippen LogP contribution in [0, 0.1) is 0 Å². The summed E-state index contributed by atoms with van der Waals surface area (Å²) in [5.41, 5.74) is 8.30. The molecule has 9 heteroatoms. The fourth-order valence-corrected chi connectivity index (χ4v) is 4.09. The minimum atomic E-state index is -0.698. The number of ketones is 1. The average molecular weight is 403 g/mol. The van der Waals surface area contributed by atoms with Crippen LogP contribution in [0.1, 0.15) is 44.8 Å². The zero-order valence-electron chi connectivity index (χ0n) is 15.8. The van der Waals surface area contributed by atoms with Crippen LogP contribution in [-0.2, 0) is 16.1 Å². The van der Waals surface area contributed by atoms with Gasteiger partial charge < -0.3 is 10.6 Å². The molecule has 1 aromatic carbocycles. The first-order chi connectivity index (χ1) is 14.4. The van der Waals surface area contributed by atoms with Gasteiger partial charge in [-0.2, -0.15) is 0 Å². The second-order valence-corrected chi connectivity index (χ2v) is 7.38. The van der Waals surface area contributed by atoms with Crippen molar-refractivity contribution < 1.29 is 19.2 Å². The number of carbonyl (C=O) groups excluding carboxylic acids is 4. The lowest BCUT2D eigenvalue weighted by Gasteiger charge is -2.29. The van der Waals surface area contributed by atoms with Crippen molar-refractivity contribution in [3.05, 3.63) is 65.0 Å². The molecule has 2 aliphatic heterocycles. The van der Waals surface area contributed by atoms with Gasteiger partial charge in [-0.05, 0) is 36.2 Å². The lowest BCUT2D eigenvalue weighted by atomic mass is 10.0. The standard InChI is InChI=1S/C21H17N5O4/c22-19-17(25-8-2-1-3-15(25)23-19)18(28)11-4-5-13-12(9-11)10-26(21(13)30)14-6-7-16(27)24-20(14)29/h1-5,8-9,14H,6-7,10,22H2,(H,24,27,29). The van der Waals surface area contributed by atoms with E-state index in [1.165, 1.54) is 4.90 Å². The van der Waals surface area contributed by atoms with Crippen molar-refractivity contribution >= 4 is 35.0 Å². The molecule has 0 aliphatic carbocycles. The van der Waals surface area contributed by atoms with Gasteiger partial charge in [0, 0.05) is 30.3 Å². The summed E-state index contributed by atoms with van der Waals surface area (Å²) in [6, 6.07) is 9.47. The molecule has 9 nitrogen and oxygen atoms in total. The van der Waals surface area contributed by atoms with Gasteiger partial charge in [0.15, 0.2) is 5.82 Å². The molecular weight excluding hydrogens is 386 g/mol. The summed E-state index contributed by atoms with van der Waals surface area (Å²) in [6.07, 6.45) is 2.19. The first-order valence-electron chi connectivity index (χ1n) is 9.49. The number of anilines is 1. The predicted octanol–water partition coefficient (Wildman–Crippen LogP) is 0.908. The zero-order chi connectivity index (χ0) is 21.0. The van der Waals surface area contributed by atoms with E-state index in [0.717, 1.165) is 0 Å². The summed E-state index contributed by atoms with van der Waals surface area (Å²) in [5, 5.41) is 2.28. The molecule has 5 rings (SSSR count). The molecule has 0 saturated carbocycles. The third-order valence-corrected chi connectivity index (χ3v) is 5.56. The number of hydrogen-bond donors (Lipinski definition) is 2. The molecule has 3 aromatic rings. The topological polar surface area (TPSA) is 127 Å². The Balaban J connectivity index is 1.47. The summed E-state index contributed by atoms with van der Waals surface area (Å²) in [7, 11) is 0. The van der Waals surface area contributed by atoms with E-state index in [0.29, 0.717) is 22.3 Å². The first-order valence-corrected chi connectivity index (χ1v) is 9.49. The van der Waals surface area contributed by atoms with E-state index in [4.69, 9.17) is 5.73 Å². The third-order valence-electron chi connectivity index (χ3n) is 5.56. The molecule has 1 saturated heterocycles. The van der Waals surface area contributed by atoms with Crippen molar-refractivity contribution in [2.45, 2.75) is 25.4 Å². The molecule has 1 fully saturated rings. The minimum absolute atomic E-state index is 0.132. The van der Waals surface area contributed by atoms with Gasteiger partial charge in [0.25, 0.3) is 5.91 Å². The van der Waals surface area contributed by atoms with Gasteiger partial charge in [0.1, 0.15) is 17.4 Å². The van der Waals surface area contributed by atoms with Gasteiger partial charge >= 0.3 is 0 Å². The number of hydrogen-bond acceptors (Lipinski definition) is 6. The highest BCUT2D eigenvalue weighted by Crippen LogP contribution is 2.29. The van der Waals surface area contributed by atoms with Crippen molar-refractivity contribution in [1.82, 2.24) is 19.6 Å². The fourth-order valence-electron chi connectivity index (χ4n) is 4.09. The van der Waals surface area contributed by atoms with Gasteiger partial charge in [-0.3, -0.25) is 28.9 Å². The average Bonchev–Trinajstić information content (AvgIpc) is 3.23. The highest BCUT2D eigenvalue weighted by atomic mass is 16.2. The quantitative estimate of drug-likeness (QED) is 0.494. The minimum Gasteiger partial charge on any atom is -0.382 e. The Morgan fingerprint density at radius 3 is 2.80 bits per heavy atom. The van der Waals surface area contributed by atoms with Gasteiger partial charge in [-0.25, -0.2) is 4.98 Å². The number of nitrogens with zero attached hydrogens (tertiary/aromatic N) is 3. The number of nitrogen functional groups attached to an aromatic ring is 1. The number of amides is 3. The molecule has 30 heavy (non-hydrogen) atoms. The molecule has 3 amide bonds. The normalized spacial score (nSPS) is 18.6. The van der Waals surface area contributed by atoms with E-state index in [-0.39, 0.29) is 48.5 Å². The predicted molar refractivity (Wildman–Crippen MR) is 106 cm³/mol. The number of nitrogens with two attached hydrogens (primary N) is 1. The lowest BCUT2D eigenvalue weighted by molar-refractivity contribution is -0.136. The first kappa shape index (κ1) is 18.0. The van der Waals surface area contributed by atoms with E-state index in [2.05, 4.69) is 10.3 Å².